The van der Waals surface area contributed by atoms with Crippen LogP contribution >= 0.6 is 0 Å². The van der Waals surface area contributed by atoms with Gasteiger partial charge in [-0.1, -0.05) is 0 Å². The fraction of sp³-hybridized carbons (Fsp3) is 0.333. The average Bonchev–Trinajstić information content (AvgIpc) is 3.70. The monoisotopic (exact) mass is 590 g/mol. The number of pyridine rings is 1. The van der Waals surface area contributed by atoms with E-state index in [1.165, 1.54) is 12.4 Å². The smallest absolute Gasteiger partial charge is 0.253 e. The van der Waals surface area contributed by atoms with E-state index >= 15 is 0 Å². The molecule has 1 aliphatic rings. The first-order chi connectivity index (χ1) is 20.2. The first-order valence-electron chi connectivity index (χ1n) is 13.5. The fourth-order valence-electron chi connectivity index (χ4n) is 4.60. The summed E-state index contributed by atoms with van der Waals surface area (Å²) < 4.78 is 34.1. The number of fused-ring (bicyclic) bond motifs is 1. The number of carbonyl (C=O) groups is 1. The molecule has 0 radical (unpaired) electrons. The molecule has 6 heterocycles. The zero-order valence-electron chi connectivity index (χ0n) is 23.3. The predicted molar refractivity (Wildman–Crippen MR) is 155 cm³/mol. The number of rotatable bonds is 10. The van der Waals surface area contributed by atoms with E-state index in [2.05, 4.69) is 60.4 Å². The molecule has 0 aromatic carbocycles. The standard InChI is InChI=1S/C27H30N10O4S/c1-4-42(39,40)37-12-19(9-31-37)27-28-6-5-24(34-27)33-25-7-23-21(10-29-25)22(13-36(23)17(2)3)18-8-30-35(11-18)14-26(38)32-20-15-41-16-20/h5-13,17,20H,4,14-16H2,1-3H3,(H,32,38)(H,28,29,33,34). The minimum absolute atomic E-state index is 0.0688. The normalized spacial score (nSPS) is 13.9. The van der Waals surface area contributed by atoms with Crippen molar-refractivity contribution in [3.05, 3.63) is 55.5 Å². The van der Waals surface area contributed by atoms with Gasteiger partial charge in [0.05, 0.1) is 54.7 Å². The quantitative estimate of drug-likeness (QED) is 0.247. The molecule has 0 spiro atoms. The van der Waals surface area contributed by atoms with Crippen molar-refractivity contribution >= 4 is 38.5 Å². The average molecular weight is 591 g/mol. The molecule has 14 nitrogen and oxygen atoms in total. The highest BCUT2D eigenvalue weighted by molar-refractivity contribution is 7.89. The fourth-order valence-corrected chi connectivity index (χ4v) is 5.33. The second kappa shape index (κ2) is 11.0. The van der Waals surface area contributed by atoms with Crippen LogP contribution in [0.15, 0.2) is 55.5 Å². The van der Waals surface area contributed by atoms with Crippen molar-refractivity contribution in [3.8, 4) is 22.5 Å². The zero-order valence-corrected chi connectivity index (χ0v) is 24.1. The van der Waals surface area contributed by atoms with Crippen molar-refractivity contribution in [1.82, 2.24) is 43.8 Å². The lowest BCUT2D eigenvalue weighted by Crippen LogP contribution is -2.49. The third-order valence-electron chi connectivity index (χ3n) is 6.91. The molecule has 5 aromatic heterocycles. The Bertz CT molecular complexity index is 1870. The summed E-state index contributed by atoms with van der Waals surface area (Å²) in [5, 5.41) is 15.5. The number of aromatic nitrogens is 8. The number of amides is 1. The maximum atomic E-state index is 12.3. The van der Waals surface area contributed by atoms with Crippen LogP contribution in [0.5, 0.6) is 0 Å². The van der Waals surface area contributed by atoms with Gasteiger partial charge in [-0.05, 0) is 26.8 Å². The van der Waals surface area contributed by atoms with Crippen molar-refractivity contribution in [2.75, 3.05) is 24.3 Å². The molecule has 0 unspecified atom stereocenters. The number of hydrogen-bond acceptors (Lipinski definition) is 10. The summed E-state index contributed by atoms with van der Waals surface area (Å²) in [5.74, 6) is 1.23. The van der Waals surface area contributed by atoms with E-state index in [9.17, 15) is 13.2 Å². The molecule has 42 heavy (non-hydrogen) atoms. The van der Waals surface area contributed by atoms with Gasteiger partial charge in [-0.2, -0.15) is 14.3 Å². The van der Waals surface area contributed by atoms with Crippen molar-refractivity contribution in [3.63, 3.8) is 0 Å². The minimum atomic E-state index is -3.51. The van der Waals surface area contributed by atoms with E-state index in [1.54, 1.807) is 36.3 Å². The van der Waals surface area contributed by atoms with Gasteiger partial charge in [-0.25, -0.2) is 23.4 Å². The second-order valence-corrected chi connectivity index (χ2v) is 12.4. The van der Waals surface area contributed by atoms with Crippen LogP contribution in [0.4, 0.5) is 11.6 Å². The Morgan fingerprint density at radius 2 is 1.88 bits per heavy atom. The predicted octanol–water partition coefficient (Wildman–Crippen LogP) is 2.59. The molecule has 1 fully saturated rings. The highest BCUT2D eigenvalue weighted by atomic mass is 32.2. The summed E-state index contributed by atoms with van der Waals surface area (Å²) in [7, 11) is -3.51. The molecule has 0 bridgehead atoms. The van der Waals surface area contributed by atoms with E-state index in [1.807, 2.05) is 12.3 Å². The van der Waals surface area contributed by atoms with Crippen LogP contribution < -0.4 is 10.6 Å². The second-order valence-electron chi connectivity index (χ2n) is 10.3. The Hall–Kier alpha value is -4.63. The molecule has 218 valence electrons. The molecule has 1 amide bonds. The molecule has 0 atom stereocenters. The molecule has 6 rings (SSSR count). The lowest BCUT2D eigenvalue weighted by Gasteiger charge is -2.26. The zero-order chi connectivity index (χ0) is 29.4. The summed E-state index contributed by atoms with van der Waals surface area (Å²) in [5.41, 5.74) is 3.29. The Labute approximate surface area is 241 Å². The summed E-state index contributed by atoms with van der Waals surface area (Å²) in [6, 6.07) is 3.90. The molecule has 0 saturated carbocycles. The van der Waals surface area contributed by atoms with Gasteiger partial charge in [0.15, 0.2) is 5.82 Å². The van der Waals surface area contributed by atoms with Crippen LogP contribution in [0, 0.1) is 0 Å². The molecule has 5 aromatic rings. The third-order valence-corrected chi connectivity index (χ3v) is 8.41. The number of anilines is 2. The molecular weight excluding hydrogens is 560 g/mol. The lowest BCUT2D eigenvalue weighted by molar-refractivity contribution is -0.126. The maximum Gasteiger partial charge on any atom is 0.253 e. The van der Waals surface area contributed by atoms with Gasteiger partial charge in [-0.3, -0.25) is 9.48 Å². The first-order valence-corrected chi connectivity index (χ1v) is 15.1. The maximum absolute atomic E-state index is 12.3. The highest BCUT2D eigenvalue weighted by Gasteiger charge is 2.21. The van der Waals surface area contributed by atoms with Gasteiger partial charge in [0, 0.05) is 53.4 Å². The molecule has 1 aliphatic heterocycles. The first kappa shape index (κ1) is 27.5. The van der Waals surface area contributed by atoms with Gasteiger partial charge >= 0.3 is 0 Å². The van der Waals surface area contributed by atoms with Gasteiger partial charge in [0.25, 0.3) is 10.0 Å². The number of nitrogens with zero attached hydrogens (tertiary/aromatic N) is 8. The number of nitrogens with one attached hydrogen (secondary N) is 2. The van der Waals surface area contributed by atoms with E-state index in [4.69, 9.17) is 4.74 Å². The van der Waals surface area contributed by atoms with Crippen LogP contribution in [0.2, 0.25) is 0 Å². The van der Waals surface area contributed by atoms with Crippen molar-refractivity contribution in [2.24, 2.45) is 0 Å². The van der Waals surface area contributed by atoms with Crippen LogP contribution in [-0.2, 0) is 26.1 Å². The van der Waals surface area contributed by atoms with Gasteiger partial charge < -0.3 is 19.9 Å². The van der Waals surface area contributed by atoms with E-state index in [0.29, 0.717) is 36.2 Å². The third kappa shape index (κ3) is 5.47. The van der Waals surface area contributed by atoms with Gasteiger partial charge in [0.2, 0.25) is 5.91 Å². The SMILES string of the molecule is CCS(=O)(=O)n1cc(-c2nccc(Nc3cc4c(cn3)c(-c3cnn(CC(=O)NC5COC5)c3)cn4C(C)C)n2)cn1. The van der Waals surface area contributed by atoms with Gasteiger partial charge in [-0.15, -0.1) is 0 Å². The van der Waals surface area contributed by atoms with Crippen LogP contribution in [0.25, 0.3) is 33.4 Å². The largest absolute Gasteiger partial charge is 0.377 e. The minimum Gasteiger partial charge on any atom is -0.377 e. The van der Waals surface area contributed by atoms with Crippen molar-refractivity contribution in [1.29, 1.82) is 0 Å². The Morgan fingerprint density at radius 1 is 1.07 bits per heavy atom. The number of hydrogen-bond donors (Lipinski definition) is 2. The van der Waals surface area contributed by atoms with E-state index in [-0.39, 0.29) is 30.3 Å². The van der Waals surface area contributed by atoms with Crippen molar-refractivity contribution in [2.45, 2.75) is 39.4 Å². The summed E-state index contributed by atoms with van der Waals surface area (Å²) >= 11 is 0. The van der Waals surface area contributed by atoms with Crippen LogP contribution in [0.3, 0.4) is 0 Å². The number of carbonyl (C=O) groups excluding carboxylic acids is 1. The van der Waals surface area contributed by atoms with E-state index in [0.717, 1.165) is 26.1 Å². The Morgan fingerprint density at radius 3 is 2.62 bits per heavy atom. The topological polar surface area (TPSA) is 164 Å². The number of ether oxygens (including phenoxy) is 1. The molecule has 1 saturated heterocycles. The summed E-state index contributed by atoms with van der Waals surface area (Å²) in [4.78, 5) is 25.8. The van der Waals surface area contributed by atoms with Crippen molar-refractivity contribution < 1.29 is 17.9 Å². The molecule has 0 aliphatic carbocycles. The molecular formula is C27H30N10O4S. The Balaban J connectivity index is 1.25. The molecule has 2 N–H and O–H groups in total. The molecule has 15 heteroatoms. The van der Waals surface area contributed by atoms with Gasteiger partial charge in [0.1, 0.15) is 18.2 Å². The van der Waals surface area contributed by atoms with Crippen LogP contribution in [-0.4, -0.2) is 77.8 Å². The lowest BCUT2D eigenvalue weighted by atomic mass is 10.1. The highest BCUT2D eigenvalue weighted by Crippen LogP contribution is 2.33. The Kier molecular flexibility index (Phi) is 7.20. The summed E-state index contributed by atoms with van der Waals surface area (Å²) in [6.07, 6.45) is 11.9. The summed E-state index contributed by atoms with van der Waals surface area (Å²) in [6.45, 7) is 6.98. The van der Waals surface area contributed by atoms with Crippen LogP contribution in [0.1, 0.15) is 26.8 Å². The van der Waals surface area contributed by atoms with E-state index < -0.39 is 10.0 Å².